The third-order valence-electron chi connectivity index (χ3n) is 3.63. The van der Waals surface area contributed by atoms with Gasteiger partial charge in [0.25, 0.3) is 0 Å². The van der Waals surface area contributed by atoms with Crippen LogP contribution in [0.25, 0.3) is 0 Å². The van der Waals surface area contributed by atoms with Crippen LogP contribution in [0.1, 0.15) is 24.5 Å². The van der Waals surface area contributed by atoms with Crippen LogP contribution in [0.3, 0.4) is 0 Å². The first-order valence-electron chi connectivity index (χ1n) is 6.78. The van der Waals surface area contributed by atoms with E-state index in [-0.39, 0.29) is 24.5 Å². The van der Waals surface area contributed by atoms with Gasteiger partial charge in [0.05, 0.1) is 18.6 Å². The number of carbonyl (C=O) groups is 1. The van der Waals surface area contributed by atoms with Gasteiger partial charge in [-0.3, -0.25) is 4.79 Å². The zero-order valence-electron chi connectivity index (χ0n) is 11.3. The Kier molecular flexibility index (Phi) is 4.93. The molecule has 1 aromatic carbocycles. The third kappa shape index (κ3) is 3.78. The average molecular weight is 263 g/mol. The molecule has 0 aromatic heterocycles. The summed E-state index contributed by atoms with van der Waals surface area (Å²) in [5.41, 5.74) is 2.07. The number of aliphatic hydroxyl groups is 1. The Morgan fingerprint density at radius 3 is 2.63 bits per heavy atom. The Balaban J connectivity index is 1.75. The van der Waals surface area contributed by atoms with Crippen molar-refractivity contribution < 1.29 is 14.6 Å². The van der Waals surface area contributed by atoms with Gasteiger partial charge in [0.1, 0.15) is 0 Å². The van der Waals surface area contributed by atoms with E-state index in [0.29, 0.717) is 13.2 Å². The summed E-state index contributed by atoms with van der Waals surface area (Å²) in [7, 11) is 0. The van der Waals surface area contributed by atoms with Gasteiger partial charge in [0, 0.05) is 13.2 Å². The molecule has 4 nitrogen and oxygen atoms in total. The molecule has 1 aromatic rings. The number of hydrogen-bond donors (Lipinski definition) is 2. The minimum Gasteiger partial charge on any atom is -0.392 e. The molecule has 104 valence electrons. The standard InChI is InChI=1S/C15H21NO3/c1-11-14(7-9-19-11)15(18)16-8-6-12-2-4-13(10-17)5-3-12/h2-5,11,14,17H,6-10H2,1H3,(H,16,18). The maximum atomic E-state index is 11.9. The fourth-order valence-electron chi connectivity index (χ4n) is 2.35. The summed E-state index contributed by atoms with van der Waals surface area (Å²) in [4.78, 5) is 11.9. The summed E-state index contributed by atoms with van der Waals surface area (Å²) < 4.78 is 5.39. The van der Waals surface area contributed by atoms with Crippen molar-refractivity contribution in [1.29, 1.82) is 0 Å². The molecular weight excluding hydrogens is 242 g/mol. The number of nitrogens with one attached hydrogen (secondary N) is 1. The van der Waals surface area contributed by atoms with Crippen LogP contribution < -0.4 is 5.32 Å². The molecule has 2 rings (SSSR count). The number of carbonyl (C=O) groups excluding carboxylic acids is 1. The Hall–Kier alpha value is -1.39. The van der Waals surface area contributed by atoms with Crippen molar-refractivity contribution in [2.24, 2.45) is 5.92 Å². The minimum absolute atomic E-state index is 0.00300. The second-order valence-electron chi connectivity index (χ2n) is 4.99. The molecule has 0 bridgehead atoms. The lowest BCUT2D eigenvalue weighted by Gasteiger charge is -2.14. The number of hydrogen-bond acceptors (Lipinski definition) is 3. The number of benzene rings is 1. The molecule has 0 radical (unpaired) electrons. The summed E-state index contributed by atoms with van der Waals surface area (Å²) in [6, 6.07) is 7.78. The molecule has 2 unspecified atom stereocenters. The van der Waals surface area contributed by atoms with Crippen molar-refractivity contribution in [3.05, 3.63) is 35.4 Å². The van der Waals surface area contributed by atoms with Gasteiger partial charge in [-0.15, -0.1) is 0 Å². The monoisotopic (exact) mass is 263 g/mol. The van der Waals surface area contributed by atoms with E-state index in [4.69, 9.17) is 9.84 Å². The molecule has 1 fully saturated rings. The summed E-state index contributed by atoms with van der Waals surface area (Å²) >= 11 is 0. The van der Waals surface area contributed by atoms with Gasteiger partial charge < -0.3 is 15.2 Å². The summed E-state index contributed by atoms with van der Waals surface area (Å²) in [5.74, 6) is 0.0914. The van der Waals surface area contributed by atoms with E-state index in [1.54, 1.807) is 0 Å². The normalized spacial score (nSPS) is 22.4. The quantitative estimate of drug-likeness (QED) is 0.841. The zero-order valence-corrected chi connectivity index (χ0v) is 11.3. The maximum absolute atomic E-state index is 11.9. The highest BCUT2D eigenvalue weighted by Gasteiger charge is 2.30. The fourth-order valence-corrected chi connectivity index (χ4v) is 2.35. The van der Waals surface area contributed by atoms with E-state index in [2.05, 4.69) is 5.32 Å². The molecule has 2 atom stereocenters. The number of ether oxygens (including phenoxy) is 1. The van der Waals surface area contributed by atoms with Crippen LogP contribution in [-0.2, 0) is 22.6 Å². The van der Waals surface area contributed by atoms with Gasteiger partial charge >= 0.3 is 0 Å². The highest BCUT2D eigenvalue weighted by Crippen LogP contribution is 2.20. The fraction of sp³-hybridized carbons (Fsp3) is 0.533. The third-order valence-corrected chi connectivity index (χ3v) is 3.63. The van der Waals surface area contributed by atoms with E-state index < -0.39 is 0 Å². The molecule has 1 heterocycles. The topological polar surface area (TPSA) is 58.6 Å². The molecule has 19 heavy (non-hydrogen) atoms. The first-order valence-corrected chi connectivity index (χ1v) is 6.78. The molecule has 0 spiro atoms. The molecule has 1 aliphatic rings. The van der Waals surface area contributed by atoms with Crippen molar-refractivity contribution in [1.82, 2.24) is 5.32 Å². The largest absolute Gasteiger partial charge is 0.392 e. The lowest BCUT2D eigenvalue weighted by Crippen LogP contribution is -2.35. The Labute approximate surface area is 113 Å². The van der Waals surface area contributed by atoms with Crippen LogP contribution >= 0.6 is 0 Å². The van der Waals surface area contributed by atoms with E-state index in [9.17, 15) is 4.79 Å². The molecule has 1 aliphatic heterocycles. The Morgan fingerprint density at radius 2 is 2.05 bits per heavy atom. The van der Waals surface area contributed by atoms with Crippen LogP contribution in [0.4, 0.5) is 0 Å². The van der Waals surface area contributed by atoms with Crippen molar-refractivity contribution in [2.45, 2.75) is 32.5 Å². The van der Waals surface area contributed by atoms with E-state index in [1.807, 2.05) is 31.2 Å². The Morgan fingerprint density at radius 1 is 1.37 bits per heavy atom. The second kappa shape index (κ2) is 6.68. The molecule has 4 heteroatoms. The molecule has 2 N–H and O–H groups in total. The van der Waals surface area contributed by atoms with Crippen LogP contribution in [0.2, 0.25) is 0 Å². The minimum atomic E-state index is -0.00300. The van der Waals surface area contributed by atoms with Gasteiger partial charge in [-0.25, -0.2) is 0 Å². The maximum Gasteiger partial charge on any atom is 0.225 e. The molecule has 0 aliphatic carbocycles. The van der Waals surface area contributed by atoms with Gasteiger partial charge in [0.15, 0.2) is 0 Å². The van der Waals surface area contributed by atoms with Gasteiger partial charge in [0.2, 0.25) is 5.91 Å². The van der Waals surface area contributed by atoms with Crippen LogP contribution in [-0.4, -0.2) is 30.3 Å². The first-order chi connectivity index (χ1) is 9.20. The lowest BCUT2D eigenvalue weighted by molar-refractivity contribution is -0.126. The Bertz CT molecular complexity index is 416. The van der Waals surface area contributed by atoms with Crippen molar-refractivity contribution in [3.8, 4) is 0 Å². The van der Waals surface area contributed by atoms with Crippen LogP contribution in [0.15, 0.2) is 24.3 Å². The number of aliphatic hydroxyl groups excluding tert-OH is 1. The predicted octanol–water partition coefficient (Wildman–Crippen LogP) is 1.26. The number of amides is 1. The van der Waals surface area contributed by atoms with Gasteiger partial charge in [-0.05, 0) is 30.9 Å². The van der Waals surface area contributed by atoms with Crippen LogP contribution in [0, 0.1) is 5.92 Å². The van der Waals surface area contributed by atoms with E-state index >= 15 is 0 Å². The summed E-state index contributed by atoms with van der Waals surface area (Å²) in [6.07, 6.45) is 1.65. The number of rotatable bonds is 5. The molecule has 1 amide bonds. The highest BCUT2D eigenvalue weighted by atomic mass is 16.5. The summed E-state index contributed by atoms with van der Waals surface area (Å²) in [5, 5.41) is 11.9. The molecular formula is C15H21NO3. The smallest absolute Gasteiger partial charge is 0.225 e. The second-order valence-corrected chi connectivity index (χ2v) is 4.99. The van der Waals surface area contributed by atoms with Gasteiger partial charge in [-0.1, -0.05) is 24.3 Å². The molecule has 0 saturated carbocycles. The van der Waals surface area contributed by atoms with Crippen molar-refractivity contribution >= 4 is 5.91 Å². The first kappa shape index (κ1) is 14.0. The van der Waals surface area contributed by atoms with Crippen molar-refractivity contribution in [2.75, 3.05) is 13.2 Å². The summed E-state index contributed by atoms with van der Waals surface area (Å²) in [6.45, 7) is 3.34. The SMILES string of the molecule is CC1OCCC1C(=O)NCCc1ccc(CO)cc1. The van der Waals surface area contributed by atoms with Crippen LogP contribution in [0.5, 0.6) is 0 Å². The van der Waals surface area contributed by atoms with E-state index in [1.165, 1.54) is 0 Å². The lowest BCUT2D eigenvalue weighted by atomic mass is 10.0. The predicted molar refractivity (Wildman–Crippen MR) is 72.6 cm³/mol. The van der Waals surface area contributed by atoms with E-state index in [0.717, 1.165) is 24.0 Å². The zero-order chi connectivity index (χ0) is 13.7. The average Bonchev–Trinajstić information content (AvgIpc) is 2.86. The molecule has 1 saturated heterocycles. The highest BCUT2D eigenvalue weighted by molar-refractivity contribution is 5.79. The van der Waals surface area contributed by atoms with Crippen molar-refractivity contribution in [3.63, 3.8) is 0 Å². The van der Waals surface area contributed by atoms with Gasteiger partial charge in [-0.2, -0.15) is 0 Å².